The van der Waals surface area contributed by atoms with Crippen LogP contribution in [0.3, 0.4) is 0 Å². The summed E-state index contributed by atoms with van der Waals surface area (Å²) in [5, 5.41) is 16.3. The number of benzene rings is 1. The third kappa shape index (κ3) is 5.18. The number of rotatable bonds is 9. The number of halogens is 1. The first-order chi connectivity index (χ1) is 16.7. The van der Waals surface area contributed by atoms with Crippen molar-refractivity contribution in [3.05, 3.63) is 58.8 Å². The van der Waals surface area contributed by atoms with E-state index in [9.17, 15) is 9.59 Å². The normalized spacial score (nSPS) is 20.3. The molecule has 0 saturated carbocycles. The van der Waals surface area contributed by atoms with E-state index in [1.807, 2.05) is 23.0 Å². The molecule has 0 bridgehead atoms. The van der Waals surface area contributed by atoms with Crippen molar-refractivity contribution in [3.8, 4) is 0 Å². The van der Waals surface area contributed by atoms with Crippen molar-refractivity contribution in [1.29, 1.82) is 0 Å². The van der Waals surface area contributed by atoms with E-state index < -0.39 is 11.4 Å². The Morgan fingerprint density at radius 1 is 1.20 bits per heavy atom. The Morgan fingerprint density at radius 3 is 2.66 bits per heavy atom. The first-order valence-corrected chi connectivity index (χ1v) is 12.3. The monoisotopic (exact) mass is 480 g/mol. The van der Waals surface area contributed by atoms with Gasteiger partial charge in [-0.15, -0.1) is 0 Å². The number of nitrogens with zero attached hydrogens (tertiary/aromatic N) is 5. The second-order valence-electron chi connectivity index (χ2n) is 9.97. The molecule has 0 saturated heterocycles. The minimum Gasteiger partial charge on any atom is -0.341 e. The van der Waals surface area contributed by atoms with Gasteiger partial charge in [0.25, 0.3) is 11.8 Å². The highest BCUT2D eigenvalue weighted by Crippen LogP contribution is 2.40. The minimum absolute atomic E-state index is 0.0973. The molecule has 0 unspecified atom stereocenters. The van der Waals surface area contributed by atoms with Gasteiger partial charge in [0.15, 0.2) is 0 Å². The van der Waals surface area contributed by atoms with Gasteiger partial charge in [0.1, 0.15) is 18.1 Å². The Bertz CT molecular complexity index is 1180. The summed E-state index contributed by atoms with van der Waals surface area (Å²) in [7, 11) is 0. The molecule has 2 aliphatic rings. The van der Waals surface area contributed by atoms with Crippen molar-refractivity contribution in [1.82, 2.24) is 20.1 Å². The summed E-state index contributed by atoms with van der Waals surface area (Å²) in [6.07, 6.45) is 6.13. The van der Waals surface area contributed by atoms with E-state index in [-0.39, 0.29) is 30.4 Å². The lowest BCUT2D eigenvalue weighted by molar-refractivity contribution is -0.130. The second kappa shape index (κ2) is 10.1. The average Bonchev–Trinajstić information content (AvgIpc) is 3.42. The van der Waals surface area contributed by atoms with Gasteiger partial charge in [-0.1, -0.05) is 51.0 Å². The predicted octanol–water partition coefficient (Wildman–Crippen LogP) is 4.77. The highest BCUT2D eigenvalue weighted by Gasteiger charge is 2.43. The van der Waals surface area contributed by atoms with Crippen molar-refractivity contribution in [2.75, 3.05) is 6.54 Å². The van der Waals surface area contributed by atoms with Crippen molar-refractivity contribution in [2.24, 2.45) is 16.3 Å². The summed E-state index contributed by atoms with van der Waals surface area (Å²) in [5.74, 6) is -0.866. The van der Waals surface area contributed by atoms with Crippen LogP contribution >= 0.6 is 0 Å². The molecule has 0 aliphatic carbocycles. The third-order valence-electron chi connectivity index (χ3n) is 6.43. The number of aryl methyl sites for hydroxylation is 1. The molecule has 8 nitrogen and oxygen atoms in total. The van der Waals surface area contributed by atoms with Crippen LogP contribution in [0, 0.1) is 11.7 Å². The van der Waals surface area contributed by atoms with Gasteiger partial charge in [0.05, 0.1) is 11.2 Å². The lowest BCUT2D eigenvalue weighted by Crippen LogP contribution is -2.51. The molecule has 0 fully saturated rings. The molecule has 0 spiro atoms. The number of amides is 2. The number of carbonyl (C=O) groups is 2. The van der Waals surface area contributed by atoms with E-state index in [0.29, 0.717) is 29.3 Å². The molecule has 2 aliphatic heterocycles. The topological polar surface area (TPSA) is 92.0 Å². The standard InChI is InChI=1S/C26H33FN6O2/c1-5-6-7-8-18-9-10-20(21(27)13-18)26(4)14-19(22-11-12-32(30-22)16-17(2)3)24(25(35)29-26)33-23(34)15-28-31-33/h9-13,17H,5-8,14-16H2,1-4H3,(H,29,35)/t26-/m0/s1. The van der Waals surface area contributed by atoms with Crippen molar-refractivity contribution in [2.45, 2.75) is 71.9 Å². The maximum atomic E-state index is 15.4. The van der Waals surface area contributed by atoms with E-state index >= 15 is 4.39 Å². The Kier molecular flexibility index (Phi) is 7.14. The number of hydrogen-bond acceptors (Lipinski definition) is 5. The Labute approximate surface area is 205 Å². The highest BCUT2D eigenvalue weighted by atomic mass is 19.1. The van der Waals surface area contributed by atoms with Gasteiger partial charge in [0.2, 0.25) is 0 Å². The number of nitrogens with one attached hydrogen (secondary N) is 1. The zero-order chi connectivity index (χ0) is 25.2. The minimum atomic E-state index is -1.02. The summed E-state index contributed by atoms with van der Waals surface area (Å²) >= 11 is 0. The van der Waals surface area contributed by atoms with Crippen LogP contribution in [0.1, 0.15) is 70.2 Å². The van der Waals surface area contributed by atoms with E-state index in [2.05, 4.69) is 41.5 Å². The SMILES string of the molecule is CCCCCc1ccc([C@]2(C)CC(c3ccn(CC(C)C)n3)=C(N3N=NCC3=O)C(=O)N2)c(F)c1. The molecule has 0 radical (unpaired) electrons. The number of carbonyl (C=O) groups excluding carboxylic acids is 2. The first-order valence-electron chi connectivity index (χ1n) is 12.3. The average molecular weight is 481 g/mol. The highest BCUT2D eigenvalue weighted by molar-refractivity contribution is 6.06. The maximum absolute atomic E-state index is 15.4. The Hall–Kier alpha value is -3.36. The lowest BCUT2D eigenvalue weighted by Gasteiger charge is -2.38. The molecule has 9 heteroatoms. The van der Waals surface area contributed by atoms with E-state index in [1.165, 1.54) is 0 Å². The fourth-order valence-electron chi connectivity index (χ4n) is 4.71. The van der Waals surface area contributed by atoms with Gasteiger partial charge in [-0.25, -0.2) is 4.39 Å². The lowest BCUT2D eigenvalue weighted by atomic mass is 9.80. The van der Waals surface area contributed by atoms with Crippen LogP contribution in [0.25, 0.3) is 5.57 Å². The van der Waals surface area contributed by atoms with Gasteiger partial charge in [0, 0.05) is 30.3 Å². The van der Waals surface area contributed by atoms with Gasteiger partial charge in [-0.2, -0.15) is 15.2 Å². The Balaban J connectivity index is 1.73. The third-order valence-corrected chi connectivity index (χ3v) is 6.43. The summed E-state index contributed by atoms with van der Waals surface area (Å²) in [5.41, 5.74) is 1.52. The van der Waals surface area contributed by atoms with Crippen molar-refractivity contribution in [3.63, 3.8) is 0 Å². The molecule has 2 aromatic rings. The summed E-state index contributed by atoms with van der Waals surface area (Å²) < 4.78 is 17.2. The van der Waals surface area contributed by atoms with Crippen LogP contribution in [-0.4, -0.2) is 33.1 Å². The fourth-order valence-corrected chi connectivity index (χ4v) is 4.71. The molecular weight excluding hydrogens is 447 g/mol. The van der Waals surface area contributed by atoms with Crippen LogP contribution in [0.15, 0.2) is 46.5 Å². The zero-order valence-corrected chi connectivity index (χ0v) is 20.8. The molecule has 1 N–H and O–H groups in total. The summed E-state index contributed by atoms with van der Waals surface area (Å²) in [6.45, 7) is 8.72. The van der Waals surface area contributed by atoms with Crippen molar-refractivity contribution >= 4 is 17.4 Å². The first kappa shape index (κ1) is 24.8. The molecule has 1 atom stereocenters. The zero-order valence-electron chi connectivity index (χ0n) is 20.8. The predicted molar refractivity (Wildman–Crippen MR) is 130 cm³/mol. The number of hydrogen-bond donors (Lipinski definition) is 1. The second-order valence-corrected chi connectivity index (χ2v) is 9.97. The molecule has 2 amide bonds. The van der Waals surface area contributed by atoms with Gasteiger partial charge >= 0.3 is 0 Å². The van der Waals surface area contributed by atoms with Crippen LogP contribution < -0.4 is 5.32 Å². The number of unbranched alkanes of at least 4 members (excludes halogenated alkanes) is 2. The van der Waals surface area contributed by atoms with Gasteiger partial charge in [-0.05, 0) is 43.4 Å². The van der Waals surface area contributed by atoms with E-state index in [1.54, 1.807) is 19.1 Å². The van der Waals surface area contributed by atoms with Crippen LogP contribution in [0.5, 0.6) is 0 Å². The quantitative estimate of drug-likeness (QED) is 0.524. The molecule has 3 heterocycles. The molecule has 186 valence electrons. The van der Waals surface area contributed by atoms with Crippen LogP contribution in [-0.2, 0) is 28.1 Å². The largest absolute Gasteiger partial charge is 0.341 e. The van der Waals surface area contributed by atoms with Crippen molar-refractivity contribution < 1.29 is 14.0 Å². The number of aromatic nitrogens is 2. The maximum Gasteiger partial charge on any atom is 0.272 e. The van der Waals surface area contributed by atoms with Gasteiger partial charge in [-0.3, -0.25) is 14.3 Å². The molecule has 1 aromatic heterocycles. The molecule has 4 rings (SSSR count). The molecular formula is C26H33FN6O2. The summed E-state index contributed by atoms with van der Waals surface area (Å²) in [4.78, 5) is 25.8. The van der Waals surface area contributed by atoms with E-state index in [0.717, 1.165) is 36.3 Å². The Morgan fingerprint density at radius 2 is 2.00 bits per heavy atom. The fraction of sp³-hybridized carbons (Fsp3) is 0.500. The van der Waals surface area contributed by atoms with Gasteiger partial charge < -0.3 is 5.32 Å². The van der Waals surface area contributed by atoms with Crippen LogP contribution in [0.2, 0.25) is 0 Å². The van der Waals surface area contributed by atoms with E-state index in [4.69, 9.17) is 0 Å². The summed E-state index contributed by atoms with van der Waals surface area (Å²) in [6, 6.07) is 7.08. The smallest absolute Gasteiger partial charge is 0.272 e. The molecule has 35 heavy (non-hydrogen) atoms. The molecule has 1 aromatic carbocycles. The van der Waals surface area contributed by atoms with Crippen LogP contribution in [0.4, 0.5) is 4.39 Å².